The van der Waals surface area contributed by atoms with Crippen molar-refractivity contribution in [3.8, 4) is 0 Å². The Balaban J connectivity index is 1.70. The number of halogens is 1. The molecule has 3 aromatic rings. The Hall–Kier alpha value is -3.73. The van der Waals surface area contributed by atoms with Gasteiger partial charge in [0.25, 0.3) is 5.91 Å². The highest BCUT2D eigenvalue weighted by Crippen LogP contribution is 2.18. The second kappa shape index (κ2) is 9.46. The molecule has 0 atom stereocenters. The van der Waals surface area contributed by atoms with Gasteiger partial charge in [0.2, 0.25) is 5.91 Å². The molecule has 4 nitrogen and oxygen atoms in total. The number of carbonyl (C=O) groups is 2. The third-order valence-corrected chi connectivity index (χ3v) is 4.32. The smallest absolute Gasteiger partial charge is 0.256 e. The summed E-state index contributed by atoms with van der Waals surface area (Å²) >= 11 is 0. The molecule has 0 saturated carbocycles. The Morgan fingerprint density at radius 2 is 1.59 bits per heavy atom. The lowest BCUT2D eigenvalue weighted by Gasteiger charge is -2.19. The SMILES string of the molecule is CN(Cc1ccccc1)C(=O)c1ccccc1NC(=O)/C=C/c1ccc(F)cc1. The second-order valence-corrected chi connectivity index (χ2v) is 6.57. The number of hydrogen-bond donors (Lipinski definition) is 1. The number of hydrogen-bond acceptors (Lipinski definition) is 2. The van der Waals surface area contributed by atoms with Gasteiger partial charge in [-0.05, 0) is 41.5 Å². The zero-order valence-electron chi connectivity index (χ0n) is 16.0. The molecule has 0 spiro atoms. The normalized spacial score (nSPS) is 10.7. The van der Waals surface area contributed by atoms with Gasteiger partial charge < -0.3 is 10.2 Å². The van der Waals surface area contributed by atoms with Crippen molar-refractivity contribution in [1.29, 1.82) is 0 Å². The van der Waals surface area contributed by atoms with Gasteiger partial charge in [-0.2, -0.15) is 0 Å². The third-order valence-electron chi connectivity index (χ3n) is 4.32. The highest BCUT2D eigenvalue weighted by atomic mass is 19.1. The van der Waals surface area contributed by atoms with Crippen LogP contribution >= 0.6 is 0 Å². The molecule has 0 unspecified atom stereocenters. The number of nitrogens with zero attached hydrogens (tertiary/aromatic N) is 1. The summed E-state index contributed by atoms with van der Waals surface area (Å²) < 4.78 is 13.0. The van der Waals surface area contributed by atoms with Gasteiger partial charge >= 0.3 is 0 Å². The van der Waals surface area contributed by atoms with E-state index in [-0.39, 0.29) is 17.6 Å². The maximum atomic E-state index is 13.0. The van der Waals surface area contributed by atoms with Gasteiger partial charge in [-0.15, -0.1) is 0 Å². The minimum atomic E-state index is -0.375. The van der Waals surface area contributed by atoms with Crippen LogP contribution in [0.1, 0.15) is 21.5 Å². The lowest BCUT2D eigenvalue weighted by molar-refractivity contribution is -0.111. The number of amides is 2. The third kappa shape index (κ3) is 5.62. The number of anilines is 1. The first-order valence-electron chi connectivity index (χ1n) is 9.16. The number of carbonyl (C=O) groups excluding carboxylic acids is 2. The molecule has 0 aliphatic carbocycles. The highest BCUT2D eigenvalue weighted by molar-refractivity contribution is 6.07. The Morgan fingerprint density at radius 3 is 2.31 bits per heavy atom. The van der Waals surface area contributed by atoms with Crippen molar-refractivity contribution in [2.75, 3.05) is 12.4 Å². The Bertz CT molecular complexity index is 1010. The van der Waals surface area contributed by atoms with Crippen LogP contribution in [0.5, 0.6) is 0 Å². The molecule has 1 N–H and O–H groups in total. The van der Waals surface area contributed by atoms with Gasteiger partial charge in [0.15, 0.2) is 0 Å². The number of nitrogens with one attached hydrogen (secondary N) is 1. The maximum Gasteiger partial charge on any atom is 0.256 e. The van der Waals surface area contributed by atoms with E-state index in [1.54, 1.807) is 54.4 Å². The number of rotatable bonds is 6. The standard InChI is InChI=1S/C24H21FN2O2/c1-27(17-19-7-3-2-4-8-19)24(29)21-9-5-6-10-22(21)26-23(28)16-13-18-11-14-20(25)15-12-18/h2-16H,17H2,1H3,(H,26,28)/b16-13+. The van der Waals surface area contributed by atoms with Gasteiger partial charge in [-0.3, -0.25) is 9.59 Å². The number of para-hydroxylation sites is 1. The molecule has 0 bridgehead atoms. The molecule has 3 rings (SSSR count). The monoisotopic (exact) mass is 388 g/mol. The average Bonchev–Trinajstić information content (AvgIpc) is 2.74. The van der Waals surface area contributed by atoms with E-state index in [9.17, 15) is 14.0 Å². The van der Waals surface area contributed by atoms with E-state index in [1.807, 2.05) is 30.3 Å². The minimum Gasteiger partial charge on any atom is -0.337 e. The summed E-state index contributed by atoms with van der Waals surface area (Å²) in [6.07, 6.45) is 2.93. The van der Waals surface area contributed by atoms with Crippen molar-refractivity contribution in [1.82, 2.24) is 4.90 Å². The summed E-state index contributed by atoms with van der Waals surface area (Å²) in [7, 11) is 1.72. The fourth-order valence-corrected chi connectivity index (χ4v) is 2.83. The fraction of sp³-hybridized carbons (Fsp3) is 0.0833. The van der Waals surface area contributed by atoms with Crippen molar-refractivity contribution in [3.05, 3.63) is 107 Å². The van der Waals surface area contributed by atoms with E-state index in [1.165, 1.54) is 18.2 Å². The summed E-state index contributed by atoms with van der Waals surface area (Å²) in [5.74, 6) is -0.897. The summed E-state index contributed by atoms with van der Waals surface area (Å²) in [6.45, 7) is 0.465. The van der Waals surface area contributed by atoms with Gasteiger partial charge in [0.1, 0.15) is 5.82 Å². The van der Waals surface area contributed by atoms with Crippen LogP contribution < -0.4 is 5.32 Å². The van der Waals surface area contributed by atoms with Crippen molar-refractivity contribution in [2.45, 2.75) is 6.54 Å². The van der Waals surface area contributed by atoms with Crippen molar-refractivity contribution in [2.24, 2.45) is 0 Å². The molecular formula is C24H21FN2O2. The molecule has 0 fully saturated rings. The molecule has 3 aromatic carbocycles. The molecule has 0 aromatic heterocycles. The highest BCUT2D eigenvalue weighted by Gasteiger charge is 2.16. The van der Waals surface area contributed by atoms with E-state index < -0.39 is 0 Å². The average molecular weight is 388 g/mol. The van der Waals surface area contributed by atoms with Gasteiger partial charge in [0, 0.05) is 19.7 Å². The fourth-order valence-electron chi connectivity index (χ4n) is 2.83. The first-order valence-corrected chi connectivity index (χ1v) is 9.16. The maximum absolute atomic E-state index is 13.0. The second-order valence-electron chi connectivity index (χ2n) is 6.57. The molecular weight excluding hydrogens is 367 g/mol. The van der Waals surface area contributed by atoms with E-state index in [4.69, 9.17) is 0 Å². The van der Waals surface area contributed by atoms with Gasteiger partial charge in [-0.25, -0.2) is 4.39 Å². The zero-order chi connectivity index (χ0) is 20.6. The van der Waals surface area contributed by atoms with Crippen LogP contribution in [0.15, 0.2) is 84.9 Å². The zero-order valence-corrected chi connectivity index (χ0v) is 16.0. The first kappa shape index (κ1) is 20.0. The largest absolute Gasteiger partial charge is 0.337 e. The van der Waals surface area contributed by atoms with Gasteiger partial charge in [-0.1, -0.05) is 54.6 Å². The molecule has 0 aliphatic rings. The van der Waals surface area contributed by atoms with E-state index in [0.717, 1.165) is 5.56 Å². The minimum absolute atomic E-state index is 0.188. The summed E-state index contributed by atoms with van der Waals surface area (Å²) in [6, 6.07) is 22.4. The van der Waals surface area contributed by atoms with E-state index >= 15 is 0 Å². The number of benzene rings is 3. The van der Waals surface area contributed by atoms with Crippen LogP contribution in [0, 0.1) is 5.82 Å². The Labute approximate surface area is 169 Å². The molecule has 0 saturated heterocycles. The quantitative estimate of drug-likeness (QED) is 0.620. The topological polar surface area (TPSA) is 49.4 Å². The summed E-state index contributed by atoms with van der Waals surface area (Å²) in [4.78, 5) is 26.8. The molecule has 146 valence electrons. The Kier molecular flexibility index (Phi) is 6.53. The van der Waals surface area contributed by atoms with Crippen LogP contribution in [0.25, 0.3) is 6.08 Å². The van der Waals surface area contributed by atoms with Crippen molar-refractivity contribution < 1.29 is 14.0 Å². The van der Waals surface area contributed by atoms with Gasteiger partial charge in [0.05, 0.1) is 11.3 Å². The molecule has 29 heavy (non-hydrogen) atoms. The van der Waals surface area contributed by atoms with Crippen LogP contribution in [-0.4, -0.2) is 23.8 Å². The van der Waals surface area contributed by atoms with E-state index in [0.29, 0.717) is 23.4 Å². The van der Waals surface area contributed by atoms with E-state index in [2.05, 4.69) is 5.32 Å². The van der Waals surface area contributed by atoms with Crippen LogP contribution in [0.4, 0.5) is 10.1 Å². The lowest BCUT2D eigenvalue weighted by atomic mass is 10.1. The summed E-state index contributed by atoms with van der Waals surface area (Å²) in [5.41, 5.74) is 2.57. The molecule has 5 heteroatoms. The summed E-state index contributed by atoms with van der Waals surface area (Å²) in [5, 5.41) is 2.74. The first-order chi connectivity index (χ1) is 14.0. The van der Waals surface area contributed by atoms with Crippen molar-refractivity contribution in [3.63, 3.8) is 0 Å². The lowest BCUT2D eigenvalue weighted by Crippen LogP contribution is -2.27. The van der Waals surface area contributed by atoms with Crippen LogP contribution in [-0.2, 0) is 11.3 Å². The predicted octanol–water partition coefficient (Wildman–Crippen LogP) is 4.75. The van der Waals surface area contributed by atoms with Crippen molar-refractivity contribution >= 4 is 23.6 Å². The molecule has 0 heterocycles. The van der Waals surface area contributed by atoms with Crippen LogP contribution in [0.3, 0.4) is 0 Å². The molecule has 0 aliphatic heterocycles. The molecule has 0 radical (unpaired) electrons. The van der Waals surface area contributed by atoms with Crippen LogP contribution in [0.2, 0.25) is 0 Å². The predicted molar refractivity (Wildman–Crippen MR) is 113 cm³/mol. The Morgan fingerprint density at radius 1 is 0.931 bits per heavy atom. The molecule has 2 amide bonds.